The molecule has 0 radical (unpaired) electrons. The Bertz CT molecular complexity index is 886. The van der Waals surface area contributed by atoms with Crippen molar-refractivity contribution < 1.29 is 9.18 Å². The molecule has 2 heterocycles. The lowest BCUT2D eigenvalue weighted by Gasteiger charge is -2.19. The van der Waals surface area contributed by atoms with Crippen LogP contribution in [0.2, 0.25) is 0 Å². The van der Waals surface area contributed by atoms with Crippen LogP contribution in [0.25, 0.3) is 0 Å². The molecule has 5 nitrogen and oxygen atoms in total. The van der Waals surface area contributed by atoms with Gasteiger partial charge in [0.05, 0.1) is 10.7 Å². The van der Waals surface area contributed by atoms with E-state index < -0.39 is 6.04 Å². The van der Waals surface area contributed by atoms with Crippen LogP contribution in [0.4, 0.5) is 4.39 Å². The van der Waals surface area contributed by atoms with Crippen molar-refractivity contribution in [3.05, 3.63) is 69.4 Å². The highest BCUT2D eigenvalue weighted by Crippen LogP contribution is 2.24. The Kier molecular flexibility index (Phi) is 4.44. The molecule has 0 fully saturated rings. The molecule has 0 bridgehead atoms. The summed E-state index contributed by atoms with van der Waals surface area (Å²) in [5.74, 6) is 0.0361. The Balaban J connectivity index is 1.98. The molecule has 7 heteroatoms. The van der Waals surface area contributed by atoms with E-state index >= 15 is 0 Å². The van der Waals surface area contributed by atoms with E-state index in [2.05, 4.69) is 15.3 Å². The summed E-state index contributed by atoms with van der Waals surface area (Å²) >= 11 is 1.34. The molecule has 3 rings (SSSR count). The summed E-state index contributed by atoms with van der Waals surface area (Å²) in [5.41, 5.74) is 1.32. The molecule has 24 heavy (non-hydrogen) atoms. The molecule has 1 atom stereocenters. The van der Waals surface area contributed by atoms with E-state index in [-0.39, 0.29) is 11.7 Å². The molecule has 0 saturated heterocycles. The predicted molar refractivity (Wildman–Crippen MR) is 90.5 cm³/mol. The Labute approximate surface area is 143 Å². The third-order valence-corrected chi connectivity index (χ3v) is 4.76. The lowest BCUT2D eigenvalue weighted by molar-refractivity contribution is 0.0944. The van der Waals surface area contributed by atoms with Crippen molar-refractivity contribution in [1.82, 2.24) is 19.9 Å². The van der Waals surface area contributed by atoms with Crippen molar-refractivity contribution in [3.63, 3.8) is 0 Å². The van der Waals surface area contributed by atoms with Gasteiger partial charge >= 0.3 is 0 Å². The molecular formula is C17H17FN4OS. The number of carbonyl (C=O) groups is 1. The number of nitrogens with one attached hydrogen (secondary N) is 1. The van der Waals surface area contributed by atoms with E-state index in [1.54, 1.807) is 36.0 Å². The van der Waals surface area contributed by atoms with E-state index in [0.29, 0.717) is 22.0 Å². The van der Waals surface area contributed by atoms with Gasteiger partial charge in [-0.1, -0.05) is 12.1 Å². The van der Waals surface area contributed by atoms with Crippen LogP contribution in [0.3, 0.4) is 0 Å². The summed E-state index contributed by atoms with van der Waals surface area (Å²) in [5, 5.41) is 3.79. The second-order valence-corrected chi connectivity index (χ2v) is 6.71. The Morgan fingerprint density at radius 3 is 2.75 bits per heavy atom. The summed E-state index contributed by atoms with van der Waals surface area (Å²) in [6.07, 6.45) is 3.44. The highest BCUT2D eigenvalue weighted by molar-refractivity contribution is 7.13. The van der Waals surface area contributed by atoms with Crippen LogP contribution in [-0.2, 0) is 7.05 Å². The molecule has 124 valence electrons. The zero-order chi connectivity index (χ0) is 17.3. The van der Waals surface area contributed by atoms with Gasteiger partial charge in [-0.15, -0.1) is 11.3 Å². The molecule has 0 aliphatic heterocycles. The number of hydrogen-bond donors (Lipinski definition) is 1. The summed E-state index contributed by atoms with van der Waals surface area (Å²) in [7, 11) is 1.84. The lowest BCUT2D eigenvalue weighted by Crippen LogP contribution is -2.31. The fourth-order valence-electron chi connectivity index (χ4n) is 2.58. The topological polar surface area (TPSA) is 59.8 Å². The molecule has 0 saturated carbocycles. The predicted octanol–water partition coefficient (Wildman–Crippen LogP) is 3.15. The van der Waals surface area contributed by atoms with Crippen molar-refractivity contribution in [2.24, 2.45) is 7.05 Å². The monoisotopic (exact) mass is 344 g/mol. The molecule has 1 N–H and O–H groups in total. The number of nitrogens with zero attached hydrogens (tertiary/aromatic N) is 3. The fourth-order valence-corrected chi connectivity index (χ4v) is 3.40. The largest absolute Gasteiger partial charge is 0.337 e. The average Bonchev–Trinajstić information content (AvgIpc) is 3.10. The first-order valence-electron chi connectivity index (χ1n) is 7.43. The van der Waals surface area contributed by atoms with Crippen LogP contribution >= 0.6 is 11.3 Å². The number of halogens is 1. The van der Waals surface area contributed by atoms with Crippen molar-refractivity contribution in [3.8, 4) is 0 Å². The highest BCUT2D eigenvalue weighted by atomic mass is 32.1. The quantitative estimate of drug-likeness (QED) is 0.791. The van der Waals surface area contributed by atoms with Crippen molar-refractivity contribution in [1.29, 1.82) is 0 Å². The van der Waals surface area contributed by atoms with Gasteiger partial charge in [0.15, 0.2) is 0 Å². The fraction of sp³-hybridized carbons (Fsp3) is 0.235. The number of carbonyl (C=O) groups excluding carboxylic acids is 1. The van der Waals surface area contributed by atoms with Crippen LogP contribution in [-0.4, -0.2) is 20.4 Å². The molecule has 0 aliphatic rings. The van der Waals surface area contributed by atoms with Crippen LogP contribution in [0.5, 0.6) is 0 Å². The summed E-state index contributed by atoms with van der Waals surface area (Å²) in [6, 6.07) is 5.62. The van der Waals surface area contributed by atoms with Gasteiger partial charge < -0.3 is 9.88 Å². The number of imidazole rings is 1. The minimum Gasteiger partial charge on any atom is -0.337 e. The van der Waals surface area contributed by atoms with Crippen molar-refractivity contribution in [2.45, 2.75) is 19.9 Å². The maximum Gasteiger partial charge on any atom is 0.264 e. The second kappa shape index (κ2) is 6.52. The molecule has 3 aromatic rings. The number of thiazole rings is 1. The van der Waals surface area contributed by atoms with Crippen LogP contribution in [0.1, 0.15) is 37.8 Å². The van der Waals surface area contributed by atoms with E-state index in [1.165, 1.54) is 23.5 Å². The standard InChI is InChI=1S/C17H17FN4OS/c1-10-15(24-11(2)20-10)17(23)21-14(16-19-7-8-22(16)3)12-5-4-6-13(18)9-12/h4-9,14H,1-3H3,(H,21,23). The van der Waals surface area contributed by atoms with Gasteiger partial charge in [0.25, 0.3) is 5.91 Å². The molecule has 1 unspecified atom stereocenters. The molecule has 1 amide bonds. The van der Waals surface area contributed by atoms with Gasteiger partial charge in [0.1, 0.15) is 22.6 Å². The number of hydrogen-bond acceptors (Lipinski definition) is 4. The van der Waals surface area contributed by atoms with E-state index in [1.807, 2.05) is 14.0 Å². The Morgan fingerprint density at radius 1 is 1.38 bits per heavy atom. The van der Waals surface area contributed by atoms with Crippen LogP contribution in [0.15, 0.2) is 36.7 Å². The van der Waals surface area contributed by atoms with Gasteiger partial charge in [-0.2, -0.15) is 0 Å². The molecular weight excluding hydrogens is 327 g/mol. The highest BCUT2D eigenvalue weighted by Gasteiger charge is 2.23. The zero-order valence-corrected chi connectivity index (χ0v) is 14.4. The molecule has 0 aliphatic carbocycles. The van der Waals surface area contributed by atoms with Gasteiger partial charge in [0.2, 0.25) is 0 Å². The zero-order valence-electron chi connectivity index (χ0n) is 13.6. The SMILES string of the molecule is Cc1nc(C)c(C(=O)NC(c2cccc(F)c2)c2nccn2C)s1. The smallest absolute Gasteiger partial charge is 0.264 e. The van der Waals surface area contributed by atoms with Gasteiger partial charge in [-0.05, 0) is 31.5 Å². The number of benzene rings is 1. The maximum absolute atomic E-state index is 13.6. The van der Waals surface area contributed by atoms with Crippen molar-refractivity contribution >= 4 is 17.2 Å². The summed E-state index contributed by atoms with van der Waals surface area (Å²) in [4.78, 5) is 21.8. The average molecular weight is 344 g/mol. The summed E-state index contributed by atoms with van der Waals surface area (Å²) in [6.45, 7) is 3.66. The maximum atomic E-state index is 13.6. The third-order valence-electron chi connectivity index (χ3n) is 3.68. The first-order valence-corrected chi connectivity index (χ1v) is 8.25. The Morgan fingerprint density at radius 2 is 2.17 bits per heavy atom. The van der Waals surface area contributed by atoms with Crippen molar-refractivity contribution in [2.75, 3.05) is 0 Å². The summed E-state index contributed by atoms with van der Waals surface area (Å²) < 4.78 is 15.5. The van der Waals surface area contributed by atoms with E-state index in [4.69, 9.17) is 0 Å². The van der Waals surface area contributed by atoms with Gasteiger partial charge in [0, 0.05) is 19.4 Å². The third kappa shape index (κ3) is 3.21. The first-order chi connectivity index (χ1) is 11.5. The minimum absolute atomic E-state index is 0.240. The molecule has 2 aromatic heterocycles. The Hall–Kier alpha value is -2.54. The van der Waals surface area contributed by atoms with E-state index in [9.17, 15) is 9.18 Å². The molecule has 1 aromatic carbocycles. The number of rotatable bonds is 4. The van der Waals surface area contributed by atoms with Crippen LogP contribution < -0.4 is 5.32 Å². The first kappa shape index (κ1) is 16.3. The van der Waals surface area contributed by atoms with Gasteiger partial charge in [-0.25, -0.2) is 14.4 Å². The second-order valence-electron chi connectivity index (χ2n) is 5.51. The van der Waals surface area contributed by atoms with Crippen LogP contribution in [0, 0.1) is 19.7 Å². The van der Waals surface area contributed by atoms with Gasteiger partial charge in [-0.3, -0.25) is 4.79 Å². The molecule has 0 spiro atoms. The minimum atomic E-state index is -0.546. The number of amides is 1. The normalized spacial score (nSPS) is 12.2. The lowest BCUT2D eigenvalue weighted by atomic mass is 10.1. The number of aryl methyl sites for hydroxylation is 3. The van der Waals surface area contributed by atoms with E-state index in [0.717, 1.165) is 5.01 Å². The number of aromatic nitrogens is 3.